The molecule has 0 saturated carbocycles. The monoisotopic (exact) mass is 339 g/mol. The van der Waals surface area contributed by atoms with Crippen LogP contribution >= 0.6 is 11.6 Å². The summed E-state index contributed by atoms with van der Waals surface area (Å²) in [6, 6.07) is 7.18. The molecule has 23 heavy (non-hydrogen) atoms. The van der Waals surface area contributed by atoms with Crippen molar-refractivity contribution < 1.29 is 9.53 Å². The molecule has 0 spiro atoms. The van der Waals surface area contributed by atoms with Gasteiger partial charge in [0.15, 0.2) is 6.10 Å². The van der Waals surface area contributed by atoms with Gasteiger partial charge >= 0.3 is 0 Å². The number of rotatable bonds is 7. The van der Waals surface area contributed by atoms with E-state index < -0.39 is 6.10 Å². The van der Waals surface area contributed by atoms with Crippen LogP contribution in [0, 0.1) is 0 Å². The molecule has 1 aliphatic heterocycles. The molecule has 1 heterocycles. The van der Waals surface area contributed by atoms with E-state index >= 15 is 0 Å². The zero-order valence-corrected chi connectivity index (χ0v) is 14.7. The lowest BCUT2D eigenvalue weighted by atomic mass is 10.3. The van der Waals surface area contributed by atoms with Crippen molar-refractivity contribution in [1.29, 1.82) is 0 Å². The molecular weight excluding hydrogens is 314 g/mol. The fraction of sp³-hybridized carbons (Fsp3) is 0.588. The first-order chi connectivity index (χ1) is 11.1. The van der Waals surface area contributed by atoms with Gasteiger partial charge < -0.3 is 19.9 Å². The van der Waals surface area contributed by atoms with E-state index in [1.807, 2.05) is 12.1 Å². The minimum Gasteiger partial charge on any atom is -0.479 e. The molecule has 1 N–H and O–H groups in total. The summed E-state index contributed by atoms with van der Waals surface area (Å²) in [7, 11) is 2.15. The highest BCUT2D eigenvalue weighted by molar-refractivity contribution is 6.32. The number of para-hydroxylation sites is 1. The maximum atomic E-state index is 12.1. The molecule has 2 rings (SSSR count). The van der Waals surface area contributed by atoms with Crippen LogP contribution in [0.3, 0.4) is 0 Å². The Bertz CT molecular complexity index is 504. The summed E-state index contributed by atoms with van der Waals surface area (Å²) in [6.45, 7) is 7.88. The van der Waals surface area contributed by atoms with Crippen molar-refractivity contribution >= 4 is 17.5 Å². The molecule has 1 saturated heterocycles. The quantitative estimate of drug-likeness (QED) is 0.770. The first-order valence-corrected chi connectivity index (χ1v) is 8.54. The Morgan fingerprint density at radius 1 is 1.30 bits per heavy atom. The maximum Gasteiger partial charge on any atom is 0.260 e. The van der Waals surface area contributed by atoms with Gasteiger partial charge in [-0.3, -0.25) is 4.79 Å². The van der Waals surface area contributed by atoms with Crippen LogP contribution in [0.25, 0.3) is 0 Å². The lowest BCUT2D eigenvalue weighted by Gasteiger charge is -2.32. The second-order valence-electron chi connectivity index (χ2n) is 5.98. The summed E-state index contributed by atoms with van der Waals surface area (Å²) < 4.78 is 5.61. The van der Waals surface area contributed by atoms with Crippen molar-refractivity contribution in [3.63, 3.8) is 0 Å². The first kappa shape index (κ1) is 18.0. The summed E-state index contributed by atoms with van der Waals surface area (Å²) >= 11 is 6.03. The minimum absolute atomic E-state index is 0.108. The summed E-state index contributed by atoms with van der Waals surface area (Å²) in [5.41, 5.74) is 0. The molecule has 1 aromatic rings. The standard InChI is InChI=1S/C17H26ClN3O2/c1-14(23-16-7-4-3-6-15(16)18)17(22)19-8-5-9-21-12-10-20(2)11-13-21/h3-4,6-7,14H,5,8-13H2,1-2H3,(H,19,22). The number of likely N-dealkylation sites (N-methyl/N-ethyl adjacent to an activating group) is 1. The molecule has 0 bridgehead atoms. The van der Waals surface area contributed by atoms with E-state index in [9.17, 15) is 4.79 Å². The third-order valence-electron chi connectivity index (χ3n) is 4.06. The summed E-state index contributed by atoms with van der Waals surface area (Å²) in [4.78, 5) is 16.8. The van der Waals surface area contributed by atoms with Crippen molar-refractivity contribution in [1.82, 2.24) is 15.1 Å². The van der Waals surface area contributed by atoms with E-state index in [0.29, 0.717) is 17.3 Å². The van der Waals surface area contributed by atoms with Crippen LogP contribution in [-0.2, 0) is 4.79 Å². The van der Waals surface area contributed by atoms with Gasteiger partial charge in [0, 0.05) is 32.7 Å². The lowest BCUT2D eigenvalue weighted by molar-refractivity contribution is -0.127. The van der Waals surface area contributed by atoms with Gasteiger partial charge in [-0.05, 0) is 39.1 Å². The van der Waals surface area contributed by atoms with Crippen LogP contribution in [-0.4, -0.2) is 68.1 Å². The van der Waals surface area contributed by atoms with E-state index in [4.69, 9.17) is 16.3 Å². The fourth-order valence-electron chi connectivity index (χ4n) is 2.51. The molecule has 0 aromatic heterocycles. The van der Waals surface area contributed by atoms with Gasteiger partial charge in [0.25, 0.3) is 5.91 Å². The Hall–Kier alpha value is -1.30. The van der Waals surface area contributed by atoms with Crippen LogP contribution in [0.5, 0.6) is 5.75 Å². The van der Waals surface area contributed by atoms with Crippen molar-refractivity contribution in [2.24, 2.45) is 0 Å². The largest absolute Gasteiger partial charge is 0.479 e. The van der Waals surface area contributed by atoms with Crippen LogP contribution < -0.4 is 10.1 Å². The van der Waals surface area contributed by atoms with Gasteiger partial charge in [-0.1, -0.05) is 23.7 Å². The maximum absolute atomic E-state index is 12.1. The van der Waals surface area contributed by atoms with Crippen LogP contribution in [0.15, 0.2) is 24.3 Å². The van der Waals surface area contributed by atoms with Crippen LogP contribution in [0.2, 0.25) is 5.02 Å². The molecular formula is C17H26ClN3O2. The Balaban J connectivity index is 1.63. The number of carbonyl (C=O) groups is 1. The van der Waals surface area contributed by atoms with Crippen molar-refractivity contribution in [2.45, 2.75) is 19.4 Å². The third kappa shape index (κ3) is 6.01. The Kier molecular flexibility index (Phi) is 7.15. The molecule has 128 valence electrons. The molecule has 1 amide bonds. The lowest BCUT2D eigenvalue weighted by Crippen LogP contribution is -2.45. The molecule has 0 aliphatic carbocycles. The van der Waals surface area contributed by atoms with Gasteiger partial charge in [-0.25, -0.2) is 0 Å². The first-order valence-electron chi connectivity index (χ1n) is 8.16. The van der Waals surface area contributed by atoms with Crippen LogP contribution in [0.1, 0.15) is 13.3 Å². The second-order valence-corrected chi connectivity index (χ2v) is 6.39. The minimum atomic E-state index is -0.557. The molecule has 1 aromatic carbocycles. The van der Waals surface area contributed by atoms with Gasteiger partial charge in [0.2, 0.25) is 0 Å². The SMILES string of the molecule is CC(Oc1ccccc1Cl)C(=O)NCCCN1CCN(C)CC1. The zero-order chi connectivity index (χ0) is 16.7. The Labute approximate surface area is 143 Å². The van der Waals surface area contributed by atoms with E-state index in [1.165, 1.54) is 0 Å². The van der Waals surface area contributed by atoms with Gasteiger partial charge in [-0.15, -0.1) is 0 Å². The number of piperazine rings is 1. The number of carbonyl (C=O) groups excluding carboxylic acids is 1. The number of amides is 1. The molecule has 6 heteroatoms. The number of nitrogens with zero attached hydrogens (tertiary/aromatic N) is 2. The number of hydrogen-bond donors (Lipinski definition) is 1. The van der Waals surface area contributed by atoms with Crippen LogP contribution in [0.4, 0.5) is 0 Å². The Morgan fingerprint density at radius 3 is 2.70 bits per heavy atom. The molecule has 1 unspecified atom stereocenters. The predicted molar refractivity (Wildman–Crippen MR) is 93.1 cm³/mol. The van der Waals surface area contributed by atoms with Crippen molar-refractivity contribution in [3.05, 3.63) is 29.3 Å². The highest BCUT2D eigenvalue weighted by atomic mass is 35.5. The normalized spacial score (nSPS) is 17.7. The number of halogens is 1. The van der Waals surface area contributed by atoms with E-state index in [1.54, 1.807) is 19.1 Å². The third-order valence-corrected chi connectivity index (χ3v) is 4.37. The number of ether oxygens (including phenoxy) is 1. The number of benzene rings is 1. The number of hydrogen-bond acceptors (Lipinski definition) is 4. The molecule has 1 aliphatic rings. The summed E-state index contributed by atoms with van der Waals surface area (Å²) in [5, 5.41) is 3.44. The zero-order valence-electron chi connectivity index (χ0n) is 13.9. The van der Waals surface area contributed by atoms with E-state index in [2.05, 4.69) is 22.2 Å². The second kappa shape index (κ2) is 9.11. The topological polar surface area (TPSA) is 44.8 Å². The van der Waals surface area contributed by atoms with E-state index in [0.717, 1.165) is 39.1 Å². The van der Waals surface area contributed by atoms with Gasteiger partial charge in [0.05, 0.1) is 5.02 Å². The number of nitrogens with one attached hydrogen (secondary N) is 1. The average Bonchev–Trinajstić information content (AvgIpc) is 2.55. The smallest absolute Gasteiger partial charge is 0.260 e. The van der Waals surface area contributed by atoms with Crippen molar-refractivity contribution in [3.8, 4) is 5.75 Å². The molecule has 1 atom stereocenters. The highest BCUT2D eigenvalue weighted by Crippen LogP contribution is 2.24. The summed E-state index contributed by atoms with van der Waals surface area (Å²) in [6.07, 6.45) is 0.396. The summed E-state index contributed by atoms with van der Waals surface area (Å²) in [5.74, 6) is 0.428. The molecule has 0 radical (unpaired) electrons. The van der Waals surface area contributed by atoms with Gasteiger partial charge in [-0.2, -0.15) is 0 Å². The highest BCUT2D eigenvalue weighted by Gasteiger charge is 2.16. The Morgan fingerprint density at radius 2 is 2.00 bits per heavy atom. The van der Waals surface area contributed by atoms with E-state index in [-0.39, 0.29) is 5.91 Å². The predicted octanol–water partition coefficient (Wildman–Crippen LogP) is 1.86. The molecule has 5 nitrogen and oxygen atoms in total. The molecule has 1 fully saturated rings. The fourth-order valence-corrected chi connectivity index (χ4v) is 2.69. The average molecular weight is 340 g/mol. The van der Waals surface area contributed by atoms with Gasteiger partial charge in [0.1, 0.15) is 5.75 Å². The van der Waals surface area contributed by atoms with Crippen molar-refractivity contribution in [2.75, 3.05) is 46.3 Å².